The van der Waals surface area contributed by atoms with E-state index in [1.807, 2.05) is 24.3 Å². The van der Waals surface area contributed by atoms with Crippen LogP contribution in [-0.2, 0) is 5.41 Å². The molecule has 0 spiro atoms. The lowest BCUT2D eigenvalue weighted by Gasteiger charge is -2.52. The van der Waals surface area contributed by atoms with Crippen molar-refractivity contribution in [2.45, 2.75) is 32.1 Å². The zero-order chi connectivity index (χ0) is 16.7. The first kappa shape index (κ1) is 15.3. The van der Waals surface area contributed by atoms with Gasteiger partial charge in [0.05, 0.1) is 5.41 Å². The van der Waals surface area contributed by atoms with Crippen molar-refractivity contribution in [3.63, 3.8) is 0 Å². The summed E-state index contributed by atoms with van der Waals surface area (Å²) in [4.78, 5) is 8.02. The summed E-state index contributed by atoms with van der Waals surface area (Å²) in [5.41, 5.74) is 14.3. The van der Waals surface area contributed by atoms with E-state index < -0.39 is 0 Å². The molecule has 3 rings (SSSR count). The van der Waals surface area contributed by atoms with Crippen LogP contribution in [0.5, 0.6) is 0 Å². The lowest BCUT2D eigenvalue weighted by molar-refractivity contribution is 0.105. The van der Waals surface area contributed by atoms with E-state index in [-0.39, 0.29) is 22.6 Å². The molecule has 2 aromatic rings. The van der Waals surface area contributed by atoms with Crippen molar-refractivity contribution < 1.29 is 5.21 Å². The van der Waals surface area contributed by atoms with Crippen LogP contribution < -0.4 is 11.5 Å². The third-order valence-corrected chi connectivity index (χ3v) is 4.60. The van der Waals surface area contributed by atoms with E-state index in [1.165, 1.54) is 0 Å². The van der Waals surface area contributed by atoms with E-state index in [0.717, 1.165) is 29.5 Å². The topological polar surface area (TPSA) is 110 Å². The summed E-state index contributed by atoms with van der Waals surface area (Å²) in [7, 11) is 0. The highest BCUT2D eigenvalue weighted by Crippen LogP contribution is 2.55. The number of oxime groups is 1. The molecule has 23 heavy (non-hydrogen) atoms. The molecule has 6 nitrogen and oxygen atoms in total. The van der Waals surface area contributed by atoms with E-state index in [2.05, 4.69) is 29.0 Å². The summed E-state index contributed by atoms with van der Waals surface area (Å²) in [5, 5.41) is 12.4. The number of benzene rings is 1. The molecule has 1 saturated carbocycles. The fourth-order valence-electron chi connectivity index (χ4n) is 3.68. The van der Waals surface area contributed by atoms with Crippen molar-refractivity contribution in [2.24, 2.45) is 16.3 Å². The van der Waals surface area contributed by atoms with Crippen LogP contribution in [0.25, 0.3) is 11.1 Å². The van der Waals surface area contributed by atoms with Gasteiger partial charge in [-0.3, -0.25) is 0 Å². The van der Waals surface area contributed by atoms with Gasteiger partial charge in [0.2, 0.25) is 5.95 Å². The standard InChI is InChI=1S/C17H21N5O/c1-16(2)9-17(10-16,14(18)22-23)13-5-3-11(4-6-13)12-7-20-15(19)21-8-12/h3-8,23H,9-10H2,1-2H3,(H2,18,22)(H2,19,20,21). The Morgan fingerprint density at radius 3 is 2.13 bits per heavy atom. The molecule has 0 unspecified atom stereocenters. The Morgan fingerprint density at radius 1 is 1.09 bits per heavy atom. The minimum absolute atomic E-state index is 0.193. The molecule has 1 aliphatic rings. The lowest BCUT2D eigenvalue weighted by atomic mass is 9.51. The van der Waals surface area contributed by atoms with Crippen LogP contribution in [0.1, 0.15) is 32.3 Å². The maximum absolute atomic E-state index is 9.16. The molecule has 1 aliphatic carbocycles. The molecule has 0 aliphatic heterocycles. The van der Waals surface area contributed by atoms with E-state index in [1.54, 1.807) is 12.4 Å². The number of nitrogen functional groups attached to an aromatic ring is 1. The molecule has 5 N–H and O–H groups in total. The van der Waals surface area contributed by atoms with Crippen LogP contribution in [0.3, 0.4) is 0 Å². The quantitative estimate of drug-likeness (QED) is 0.349. The number of rotatable bonds is 3. The number of nitrogens with two attached hydrogens (primary N) is 2. The first-order valence-electron chi connectivity index (χ1n) is 7.53. The van der Waals surface area contributed by atoms with Crippen LogP contribution in [0.15, 0.2) is 41.8 Å². The predicted octanol–water partition coefficient (Wildman–Crippen LogP) is 2.53. The molecule has 1 fully saturated rings. The zero-order valence-electron chi connectivity index (χ0n) is 13.3. The van der Waals surface area contributed by atoms with Crippen molar-refractivity contribution in [1.29, 1.82) is 0 Å². The Hall–Kier alpha value is -2.63. The monoisotopic (exact) mass is 311 g/mol. The molecule has 0 bridgehead atoms. The van der Waals surface area contributed by atoms with Crippen LogP contribution in [0.2, 0.25) is 0 Å². The molecule has 1 aromatic heterocycles. The van der Waals surface area contributed by atoms with Crippen molar-refractivity contribution in [1.82, 2.24) is 9.97 Å². The molecule has 6 heteroatoms. The van der Waals surface area contributed by atoms with Crippen molar-refractivity contribution in [2.75, 3.05) is 5.73 Å². The van der Waals surface area contributed by atoms with Crippen LogP contribution >= 0.6 is 0 Å². The second kappa shape index (κ2) is 5.22. The molecular weight excluding hydrogens is 290 g/mol. The molecular formula is C17H21N5O. The molecule has 0 atom stereocenters. The molecule has 0 amide bonds. The van der Waals surface area contributed by atoms with Gasteiger partial charge < -0.3 is 16.7 Å². The predicted molar refractivity (Wildman–Crippen MR) is 90.0 cm³/mol. The Morgan fingerprint density at radius 2 is 1.65 bits per heavy atom. The molecule has 0 saturated heterocycles. The summed E-state index contributed by atoms with van der Waals surface area (Å²) < 4.78 is 0. The highest BCUT2D eigenvalue weighted by molar-refractivity contribution is 5.92. The van der Waals surface area contributed by atoms with Crippen molar-refractivity contribution >= 4 is 11.8 Å². The Bertz CT molecular complexity index is 727. The highest BCUT2D eigenvalue weighted by atomic mass is 16.4. The van der Waals surface area contributed by atoms with Gasteiger partial charge in [-0.05, 0) is 29.4 Å². The Balaban J connectivity index is 1.93. The minimum atomic E-state index is -0.381. The van der Waals surface area contributed by atoms with E-state index in [4.69, 9.17) is 16.7 Å². The zero-order valence-corrected chi connectivity index (χ0v) is 13.3. The van der Waals surface area contributed by atoms with Gasteiger partial charge in [-0.25, -0.2) is 9.97 Å². The summed E-state index contributed by atoms with van der Waals surface area (Å²) in [5.74, 6) is 0.536. The van der Waals surface area contributed by atoms with E-state index in [9.17, 15) is 0 Å². The Labute approximate surface area is 135 Å². The van der Waals surface area contributed by atoms with Gasteiger partial charge in [0.1, 0.15) is 5.84 Å². The first-order valence-corrected chi connectivity index (χ1v) is 7.53. The first-order chi connectivity index (χ1) is 10.9. The van der Waals surface area contributed by atoms with Gasteiger partial charge in [0.25, 0.3) is 0 Å². The van der Waals surface area contributed by atoms with Gasteiger partial charge >= 0.3 is 0 Å². The molecule has 1 heterocycles. The summed E-state index contributed by atoms with van der Waals surface area (Å²) in [6.45, 7) is 4.38. The van der Waals surface area contributed by atoms with Crippen LogP contribution in [-0.4, -0.2) is 21.0 Å². The van der Waals surface area contributed by atoms with Crippen LogP contribution in [0, 0.1) is 5.41 Å². The third-order valence-electron chi connectivity index (χ3n) is 4.60. The number of amidine groups is 1. The van der Waals surface area contributed by atoms with Gasteiger partial charge in [-0.1, -0.05) is 43.3 Å². The van der Waals surface area contributed by atoms with E-state index in [0.29, 0.717) is 0 Å². The lowest BCUT2D eigenvalue weighted by Crippen LogP contribution is -2.55. The summed E-state index contributed by atoms with van der Waals surface area (Å²) in [6, 6.07) is 8.06. The largest absolute Gasteiger partial charge is 0.409 e. The maximum atomic E-state index is 9.16. The van der Waals surface area contributed by atoms with Gasteiger partial charge in [0.15, 0.2) is 0 Å². The molecule has 0 radical (unpaired) electrons. The molecule has 120 valence electrons. The van der Waals surface area contributed by atoms with Crippen molar-refractivity contribution in [3.05, 3.63) is 42.2 Å². The number of hydrogen-bond donors (Lipinski definition) is 3. The number of anilines is 1. The van der Waals surface area contributed by atoms with Gasteiger partial charge in [-0.15, -0.1) is 0 Å². The van der Waals surface area contributed by atoms with Crippen LogP contribution in [0.4, 0.5) is 5.95 Å². The fraction of sp³-hybridized carbons (Fsp3) is 0.353. The number of hydrogen-bond acceptors (Lipinski definition) is 5. The number of aromatic nitrogens is 2. The second-order valence-electron chi connectivity index (χ2n) is 6.99. The SMILES string of the molecule is CC1(C)CC(/C(N)=N/O)(c2ccc(-c3cnc(N)nc3)cc2)C1. The average Bonchev–Trinajstić information content (AvgIpc) is 2.52. The highest BCUT2D eigenvalue weighted by Gasteiger charge is 2.53. The van der Waals surface area contributed by atoms with Gasteiger partial charge in [-0.2, -0.15) is 0 Å². The van der Waals surface area contributed by atoms with Crippen molar-refractivity contribution in [3.8, 4) is 11.1 Å². The fourth-order valence-corrected chi connectivity index (χ4v) is 3.68. The average molecular weight is 311 g/mol. The summed E-state index contributed by atoms with van der Waals surface area (Å²) in [6.07, 6.45) is 5.12. The second-order valence-corrected chi connectivity index (χ2v) is 6.99. The minimum Gasteiger partial charge on any atom is -0.409 e. The summed E-state index contributed by atoms with van der Waals surface area (Å²) >= 11 is 0. The Kier molecular flexibility index (Phi) is 3.47. The molecule has 1 aromatic carbocycles. The normalized spacial score (nSPS) is 19.1. The van der Waals surface area contributed by atoms with Gasteiger partial charge in [0, 0.05) is 18.0 Å². The van der Waals surface area contributed by atoms with E-state index >= 15 is 0 Å². The maximum Gasteiger partial charge on any atom is 0.219 e. The number of nitrogens with zero attached hydrogens (tertiary/aromatic N) is 3. The smallest absolute Gasteiger partial charge is 0.219 e. The third kappa shape index (κ3) is 2.60.